The summed E-state index contributed by atoms with van der Waals surface area (Å²) in [5, 5.41) is 7.60. The summed E-state index contributed by atoms with van der Waals surface area (Å²) in [7, 11) is 0.333. The zero-order valence-corrected chi connectivity index (χ0v) is 14.9. The highest BCUT2D eigenvalue weighted by atomic mass is 79.9. The lowest BCUT2D eigenvalue weighted by atomic mass is 9.98. The summed E-state index contributed by atoms with van der Waals surface area (Å²) < 4.78 is 17.3. The van der Waals surface area contributed by atoms with Crippen molar-refractivity contribution in [2.75, 3.05) is 36.7 Å². The van der Waals surface area contributed by atoms with Crippen LogP contribution < -0.4 is 10.2 Å². The lowest BCUT2D eigenvalue weighted by molar-refractivity contribution is 0.208. The highest BCUT2D eigenvalue weighted by Crippen LogP contribution is 2.39. The molecule has 0 aromatic rings. The molecule has 0 aliphatic heterocycles. The summed E-state index contributed by atoms with van der Waals surface area (Å²) in [6, 6.07) is 0. The second kappa shape index (κ2) is 9.44. The Morgan fingerprint density at radius 3 is 1.75 bits per heavy atom. The van der Waals surface area contributed by atoms with Crippen molar-refractivity contribution >= 4 is 55.5 Å². The fourth-order valence-corrected chi connectivity index (χ4v) is 4.90. The standard InChI is InChI=1S/C7H16Br3N2O2P.H2O/c1-11-15(13,12-2)14-6-7(3-8,4-9)5-10;/h3-6H2,1-2H3,(H2,11,12,13);1H2. The van der Waals surface area contributed by atoms with Crippen molar-refractivity contribution in [2.24, 2.45) is 5.41 Å². The van der Waals surface area contributed by atoms with E-state index in [1.54, 1.807) is 14.1 Å². The fourth-order valence-electron chi connectivity index (χ4n) is 0.692. The maximum Gasteiger partial charge on any atom is 0.340 e. The van der Waals surface area contributed by atoms with E-state index < -0.39 is 7.67 Å². The molecule has 4 N–H and O–H groups in total. The third kappa shape index (κ3) is 5.91. The first-order valence-electron chi connectivity index (χ1n) is 4.32. The summed E-state index contributed by atoms with van der Waals surface area (Å²) >= 11 is 10.3. The smallest absolute Gasteiger partial charge is 0.340 e. The minimum absolute atomic E-state index is 0. The van der Waals surface area contributed by atoms with E-state index in [0.29, 0.717) is 6.61 Å². The van der Waals surface area contributed by atoms with Crippen LogP contribution in [0.25, 0.3) is 0 Å². The Balaban J connectivity index is 0. The Morgan fingerprint density at radius 2 is 1.50 bits per heavy atom. The average Bonchev–Trinajstić information content (AvgIpc) is 2.31. The minimum atomic E-state index is -2.88. The number of hydrogen-bond acceptors (Lipinski definition) is 2. The summed E-state index contributed by atoms with van der Waals surface area (Å²) in [4.78, 5) is 0. The molecule has 0 amide bonds. The van der Waals surface area contributed by atoms with Gasteiger partial charge in [0.15, 0.2) is 0 Å². The van der Waals surface area contributed by atoms with Gasteiger partial charge in [-0.1, -0.05) is 47.8 Å². The Hall–Kier alpha value is 1.51. The second-order valence-corrected chi connectivity index (χ2v) is 7.11. The van der Waals surface area contributed by atoms with Gasteiger partial charge in [-0.15, -0.1) is 0 Å². The van der Waals surface area contributed by atoms with E-state index >= 15 is 0 Å². The summed E-state index contributed by atoms with van der Waals surface area (Å²) in [5.74, 6) is 0. The first-order chi connectivity index (χ1) is 7.01. The van der Waals surface area contributed by atoms with Crippen molar-refractivity contribution in [1.29, 1.82) is 0 Å². The van der Waals surface area contributed by atoms with E-state index in [2.05, 4.69) is 58.0 Å². The van der Waals surface area contributed by atoms with Crippen LogP contribution in [0.3, 0.4) is 0 Å². The Labute approximate surface area is 122 Å². The van der Waals surface area contributed by atoms with Gasteiger partial charge in [-0.3, -0.25) is 4.57 Å². The molecule has 0 aromatic carbocycles. The average molecular weight is 449 g/mol. The minimum Gasteiger partial charge on any atom is -0.412 e. The molecular weight excluding hydrogens is 431 g/mol. The Morgan fingerprint density at radius 1 is 1.12 bits per heavy atom. The predicted octanol–water partition coefficient (Wildman–Crippen LogP) is 1.90. The maximum absolute atomic E-state index is 11.9. The van der Waals surface area contributed by atoms with E-state index in [1.165, 1.54) is 0 Å². The van der Waals surface area contributed by atoms with E-state index in [1.807, 2.05) is 0 Å². The molecule has 16 heavy (non-hydrogen) atoms. The maximum atomic E-state index is 11.9. The molecule has 0 aliphatic rings. The molecule has 0 aliphatic carbocycles. The molecule has 0 bridgehead atoms. The van der Waals surface area contributed by atoms with Gasteiger partial charge < -0.3 is 10.00 Å². The van der Waals surface area contributed by atoms with Crippen LogP contribution in [-0.4, -0.2) is 42.2 Å². The van der Waals surface area contributed by atoms with Crippen molar-refractivity contribution in [1.82, 2.24) is 10.2 Å². The third-order valence-electron chi connectivity index (χ3n) is 1.99. The lowest BCUT2D eigenvalue weighted by Crippen LogP contribution is -2.34. The highest BCUT2D eigenvalue weighted by Gasteiger charge is 2.31. The monoisotopic (exact) mass is 446 g/mol. The number of alkyl halides is 3. The van der Waals surface area contributed by atoms with Gasteiger partial charge in [-0.2, -0.15) is 0 Å². The first-order valence-corrected chi connectivity index (χ1v) is 9.31. The van der Waals surface area contributed by atoms with Crippen molar-refractivity contribution in [3.05, 3.63) is 0 Å². The molecule has 0 spiro atoms. The normalized spacial score (nSPS) is 12.3. The van der Waals surface area contributed by atoms with Crippen LogP contribution >= 0.6 is 55.5 Å². The fraction of sp³-hybridized carbons (Fsp3) is 1.00. The quantitative estimate of drug-likeness (QED) is 0.439. The van der Waals surface area contributed by atoms with Gasteiger partial charge in [0.25, 0.3) is 0 Å². The molecular formula is C7H18Br3N2O3P. The van der Waals surface area contributed by atoms with Gasteiger partial charge in [-0.05, 0) is 14.1 Å². The third-order valence-corrected chi connectivity index (χ3v) is 7.23. The van der Waals surface area contributed by atoms with Crippen LogP contribution in [-0.2, 0) is 9.09 Å². The molecule has 9 heteroatoms. The number of hydrogen-bond donors (Lipinski definition) is 2. The molecule has 0 fully saturated rings. The molecule has 0 saturated heterocycles. The zero-order valence-electron chi connectivity index (χ0n) is 9.23. The molecule has 0 unspecified atom stereocenters. The molecule has 100 valence electrons. The SMILES string of the molecule is CNP(=O)(NC)OCC(CBr)(CBr)CBr.O. The van der Waals surface area contributed by atoms with Crippen molar-refractivity contribution < 1.29 is 14.6 Å². The predicted molar refractivity (Wildman–Crippen MR) is 79.1 cm³/mol. The van der Waals surface area contributed by atoms with Gasteiger partial charge >= 0.3 is 7.67 Å². The van der Waals surface area contributed by atoms with Crippen molar-refractivity contribution in [2.45, 2.75) is 0 Å². The van der Waals surface area contributed by atoms with E-state index in [0.717, 1.165) is 16.0 Å². The summed E-state index contributed by atoms with van der Waals surface area (Å²) in [6.07, 6.45) is 0. The van der Waals surface area contributed by atoms with Gasteiger partial charge in [0, 0.05) is 21.4 Å². The van der Waals surface area contributed by atoms with Crippen LogP contribution in [0.4, 0.5) is 0 Å². The second-order valence-electron chi connectivity index (χ2n) is 3.17. The Bertz CT molecular complexity index is 213. The summed E-state index contributed by atoms with van der Waals surface area (Å²) in [5.41, 5.74) is -0.0939. The molecule has 0 aromatic heterocycles. The topological polar surface area (TPSA) is 81.9 Å². The van der Waals surface area contributed by atoms with Crippen LogP contribution in [0, 0.1) is 5.41 Å². The molecule has 0 saturated carbocycles. The summed E-state index contributed by atoms with van der Waals surface area (Å²) in [6.45, 7) is 0.397. The zero-order chi connectivity index (χ0) is 11.9. The molecule has 5 nitrogen and oxygen atoms in total. The van der Waals surface area contributed by atoms with Crippen LogP contribution in [0.2, 0.25) is 0 Å². The first kappa shape index (κ1) is 19.8. The van der Waals surface area contributed by atoms with Crippen molar-refractivity contribution in [3.8, 4) is 0 Å². The van der Waals surface area contributed by atoms with Crippen molar-refractivity contribution in [3.63, 3.8) is 0 Å². The molecule has 0 rings (SSSR count). The van der Waals surface area contributed by atoms with Gasteiger partial charge in [-0.25, -0.2) is 10.2 Å². The number of rotatable bonds is 8. The lowest BCUT2D eigenvalue weighted by Gasteiger charge is -2.29. The Kier molecular flexibility index (Phi) is 11.7. The van der Waals surface area contributed by atoms with E-state index in [9.17, 15) is 4.57 Å². The highest BCUT2D eigenvalue weighted by molar-refractivity contribution is 9.10. The largest absolute Gasteiger partial charge is 0.412 e. The van der Waals surface area contributed by atoms with Crippen LogP contribution in [0.5, 0.6) is 0 Å². The van der Waals surface area contributed by atoms with Gasteiger partial charge in [0.1, 0.15) is 0 Å². The molecule has 0 heterocycles. The van der Waals surface area contributed by atoms with Crippen LogP contribution in [0.15, 0.2) is 0 Å². The molecule has 0 radical (unpaired) electrons. The molecule has 0 atom stereocenters. The van der Waals surface area contributed by atoms with Gasteiger partial charge in [0.2, 0.25) is 0 Å². The number of halogens is 3. The number of nitrogens with one attached hydrogen (secondary N) is 2. The van der Waals surface area contributed by atoms with Gasteiger partial charge in [0.05, 0.1) is 6.61 Å². The van der Waals surface area contributed by atoms with E-state index in [4.69, 9.17) is 4.52 Å². The van der Waals surface area contributed by atoms with E-state index in [-0.39, 0.29) is 10.9 Å². The van der Waals surface area contributed by atoms with Crippen LogP contribution in [0.1, 0.15) is 0 Å².